The quantitative estimate of drug-likeness (QED) is 0.788. The van der Waals surface area contributed by atoms with Crippen LogP contribution in [0.3, 0.4) is 0 Å². The highest BCUT2D eigenvalue weighted by Gasteiger charge is 2.27. The first kappa shape index (κ1) is 9.66. The van der Waals surface area contributed by atoms with Gasteiger partial charge < -0.3 is 9.73 Å². The van der Waals surface area contributed by atoms with Crippen molar-refractivity contribution in [2.24, 2.45) is 7.05 Å². The van der Waals surface area contributed by atoms with Crippen LogP contribution in [0.25, 0.3) is 0 Å². The van der Waals surface area contributed by atoms with Crippen LogP contribution in [0.2, 0.25) is 0 Å². The van der Waals surface area contributed by atoms with Gasteiger partial charge in [0.1, 0.15) is 11.8 Å². The maximum absolute atomic E-state index is 5.60. The lowest BCUT2D eigenvalue weighted by Gasteiger charge is -2.23. The molecule has 0 radical (unpaired) electrons. The Kier molecular flexibility index (Phi) is 2.11. The van der Waals surface area contributed by atoms with Crippen LogP contribution in [0.1, 0.15) is 28.6 Å². The zero-order chi connectivity index (χ0) is 11.1. The van der Waals surface area contributed by atoms with Crippen LogP contribution < -0.4 is 5.32 Å². The van der Waals surface area contributed by atoms with Crippen molar-refractivity contribution in [3.63, 3.8) is 0 Å². The molecule has 0 amide bonds. The predicted octanol–water partition coefficient (Wildman–Crippen LogP) is 1.56. The monoisotopic (exact) mass is 217 g/mol. The molecule has 3 heterocycles. The molecule has 16 heavy (non-hydrogen) atoms. The number of nitrogens with one attached hydrogen (secondary N) is 1. The second-order valence-electron chi connectivity index (χ2n) is 4.28. The maximum Gasteiger partial charge on any atom is 0.130 e. The van der Waals surface area contributed by atoms with Crippen molar-refractivity contribution in [2.75, 3.05) is 6.54 Å². The van der Waals surface area contributed by atoms with Crippen molar-refractivity contribution >= 4 is 0 Å². The first-order valence-electron chi connectivity index (χ1n) is 5.55. The number of hydrogen-bond donors (Lipinski definition) is 1. The summed E-state index contributed by atoms with van der Waals surface area (Å²) >= 11 is 0. The predicted molar refractivity (Wildman–Crippen MR) is 60.2 cm³/mol. The maximum atomic E-state index is 5.60. The molecule has 4 heteroatoms. The molecular formula is C12H15N3O. The third-order valence-electron chi connectivity index (χ3n) is 3.24. The molecular weight excluding hydrogens is 202 g/mol. The Morgan fingerprint density at radius 3 is 3.19 bits per heavy atom. The van der Waals surface area contributed by atoms with Gasteiger partial charge >= 0.3 is 0 Å². The van der Waals surface area contributed by atoms with Crippen LogP contribution in [-0.4, -0.2) is 16.3 Å². The SMILES string of the molecule is Cc1cnn(C)c1C1NCCc2ccoc21. The summed E-state index contributed by atoms with van der Waals surface area (Å²) in [5.41, 5.74) is 3.70. The number of fused-ring (bicyclic) bond motifs is 1. The minimum atomic E-state index is 0.145. The van der Waals surface area contributed by atoms with E-state index in [1.54, 1.807) is 6.26 Å². The molecule has 84 valence electrons. The molecule has 1 aliphatic heterocycles. The van der Waals surface area contributed by atoms with E-state index >= 15 is 0 Å². The van der Waals surface area contributed by atoms with Crippen molar-refractivity contribution in [2.45, 2.75) is 19.4 Å². The van der Waals surface area contributed by atoms with Gasteiger partial charge in [-0.15, -0.1) is 0 Å². The molecule has 1 aliphatic rings. The standard InChI is InChI=1S/C12H15N3O/c1-8-7-14-15(2)11(8)10-12-9(3-5-13-10)4-6-16-12/h4,6-7,10,13H,3,5H2,1-2H3. The number of aromatic nitrogens is 2. The van der Waals surface area contributed by atoms with Gasteiger partial charge in [-0.25, -0.2) is 0 Å². The first-order chi connectivity index (χ1) is 7.77. The number of rotatable bonds is 1. The van der Waals surface area contributed by atoms with E-state index in [1.807, 2.05) is 17.9 Å². The van der Waals surface area contributed by atoms with Crippen molar-refractivity contribution in [1.29, 1.82) is 0 Å². The second kappa shape index (κ2) is 3.49. The van der Waals surface area contributed by atoms with E-state index in [4.69, 9.17) is 4.42 Å². The molecule has 3 rings (SSSR count). The lowest BCUT2D eigenvalue weighted by atomic mass is 9.99. The van der Waals surface area contributed by atoms with Crippen molar-refractivity contribution in [3.8, 4) is 0 Å². The zero-order valence-corrected chi connectivity index (χ0v) is 9.53. The van der Waals surface area contributed by atoms with Crippen molar-refractivity contribution < 1.29 is 4.42 Å². The molecule has 1 N–H and O–H groups in total. The lowest BCUT2D eigenvalue weighted by Crippen LogP contribution is -2.31. The molecule has 2 aromatic heterocycles. The summed E-state index contributed by atoms with van der Waals surface area (Å²) < 4.78 is 7.52. The van der Waals surface area contributed by atoms with Crippen LogP contribution >= 0.6 is 0 Å². The normalized spacial score (nSPS) is 19.8. The van der Waals surface area contributed by atoms with Gasteiger partial charge in [-0.05, 0) is 30.5 Å². The summed E-state index contributed by atoms with van der Waals surface area (Å²) in [5.74, 6) is 1.04. The van der Waals surface area contributed by atoms with E-state index in [2.05, 4.69) is 23.4 Å². The molecule has 4 nitrogen and oxygen atoms in total. The highest BCUT2D eigenvalue weighted by atomic mass is 16.3. The van der Waals surface area contributed by atoms with E-state index in [0.717, 1.165) is 18.7 Å². The highest BCUT2D eigenvalue weighted by Crippen LogP contribution is 2.30. The molecule has 0 aliphatic carbocycles. The van der Waals surface area contributed by atoms with Gasteiger partial charge in [-0.3, -0.25) is 4.68 Å². The van der Waals surface area contributed by atoms with E-state index in [0.29, 0.717) is 0 Å². The minimum absolute atomic E-state index is 0.145. The van der Waals surface area contributed by atoms with Crippen molar-refractivity contribution in [1.82, 2.24) is 15.1 Å². The van der Waals surface area contributed by atoms with Gasteiger partial charge in [0.2, 0.25) is 0 Å². The molecule has 1 atom stereocenters. The molecule has 0 saturated heterocycles. The van der Waals surface area contributed by atoms with E-state index in [-0.39, 0.29) is 6.04 Å². The Labute approximate surface area is 94.3 Å². The van der Waals surface area contributed by atoms with Crippen LogP contribution in [0.15, 0.2) is 22.9 Å². The van der Waals surface area contributed by atoms with Crippen LogP contribution in [-0.2, 0) is 13.5 Å². The molecule has 0 saturated carbocycles. The number of hydrogen-bond acceptors (Lipinski definition) is 3. The van der Waals surface area contributed by atoms with Gasteiger partial charge in [0.25, 0.3) is 0 Å². The molecule has 0 aromatic carbocycles. The number of aryl methyl sites for hydroxylation is 2. The Balaban J connectivity index is 2.10. The fourth-order valence-corrected chi connectivity index (χ4v) is 2.44. The largest absolute Gasteiger partial charge is 0.467 e. The fraction of sp³-hybridized carbons (Fsp3) is 0.417. The Bertz CT molecular complexity index is 493. The average molecular weight is 217 g/mol. The van der Waals surface area contributed by atoms with Gasteiger partial charge in [0.15, 0.2) is 0 Å². The second-order valence-corrected chi connectivity index (χ2v) is 4.28. The summed E-state index contributed by atoms with van der Waals surface area (Å²) in [6, 6.07) is 2.21. The molecule has 2 aromatic rings. The molecule has 0 fully saturated rings. The topological polar surface area (TPSA) is 43.0 Å². The molecule has 0 bridgehead atoms. The molecule has 1 unspecified atom stereocenters. The Morgan fingerprint density at radius 1 is 1.56 bits per heavy atom. The van der Waals surface area contributed by atoms with E-state index < -0.39 is 0 Å². The van der Waals surface area contributed by atoms with Gasteiger partial charge in [0, 0.05) is 13.6 Å². The summed E-state index contributed by atoms with van der Waals surface area (Å²) in [6.45, 7) is 3.07. The first-order valence-corrected chi connectivity index (χ1v) is 5.55. The number of furan rings is 1. The summed E-state index contributed by atoms with van der Waals surface area (Å²) in [5, 5.41) is 7.77. The Hall–Kier alpha value is -1.55. The van der Waals surface area contributed by atoms with E-state index in [9.17, 15) is 0 Å². The highest BCUT2D eigenvalue weighted by molar-refractivity contribution is 5.33. The third kappa shape index (κ3) is 1.30. The van der Waals surface area contributed by atoms with Crippen LogP contribution in [0.5, 0.6) is 0 Å². The fourth-order valence-electron chi connectivity index (χ4n) is 2.44. The summed E-state index contributed by atoms with van der Waals surface area (Å²) in [6.07, 6.45) is 4.71. The molecule has 0 spiro atoms. The van der Waals surface area contributed by atoms with Gasteiger partial charge in [-0.2, -0.15) is 5.10 Å². The van der Waals surface area contributed by atoms with Crippen LogP contribution in [0, 0.1) is 6.92 Å². The summed E-state index contributed by atoms with van der Waals surface area (Å²) in [4.78, 5) is 0. The summed E-state index contributed by atoms with van der Waals surface area (Å²) in [7, 11) is 1.97. The smallest absolute Gasteiger partial charge is 0.130 e. The van der Waals surface area contributed by atoms with Crippen LogP contribution in [0.4, 0.5) is 0 Å². The Morgan fingerprint density at radius 2 is 2.44 bits per heavy atom. The zero-order valence-electron chi connectivity index (χ0n) is 9.53. The van der Waals surface area contributed by atoms with Crippen molar-refractivity contribution in [3.05, 3.63) is 41.1 Å². The van der Waals surface area contributed by atoms with Gasteiger partial charge in [0.05, 0.1) is 18.2 Å². The van der Waals surface area contributed by atoms with Gasteiger partial charge in [-0.1, -0.05) is 0 Å². The lowest BCUT2D eigenvalue weighted by molar-refractivity contribution is 0.410. The minimum Gasteiger partial charge on any atom is -0.467 e. The average Bonchev–Trinajstić information content (AvgIpc) is 2.86. The van der Waals surface area contributed by atoms with E-state index in [1.165, 1.54) is 16.8 Å². The number of nitrogens with zero attached hydrogens (tertiary/aromatic N) is 2. The third-order valence-corrected chi connectivity index (χ3v) is 3.24.